The van der Waals surface area contributed by atoms with Gasteiger partial charge in [-0.05, 0) is 45.2 Å². The average Bonchev–Trinajstić information content (AvgIpc) is 3.31. The maximum Gasteiger partial charge on any atom is 0.358 e. The fourth-order valence-corrected chi connectivity index (χ4v) is 6.67. The second-order valence-corrected chi connectivity index (χ2v) is 10.1. The molecule has 6 rings (SSSR count). The average molecular weight is 531 g/mol. The maximum atomic E-state index is 13.8. The lowest BCUT2D eigenvalue weighted by Crippen LogP contribution is -2.56. The molecule has 2 aliphatic heterocycles. The van der Waals surface area contributed by atoms with Gasteiger partial charge in [-0.15, -0.1) is 0 Å². The topological polar surface area (TPSA) is 112 Å². The first kappa shape index (κ1) is 25.4. The molecule has 8 nitrogen and oxygen atoms in total. The summed E-state index contributed by atoms with van der Waals surface area (Å²) in [6.07, 6.45) is 0.343. The zero-order valence-corrected chi connectivity index (χ0v) is 21.8. The number of rotatable bonds is 6. The monoisotopic (exact) mass is 530 g/mol. The van der Waals surface area contributed by atoms with Gasteiger partial charge in [-0.3, -0.25) is 0 Å². The summed E-state index contributed by atoms with van der Waals surface area (Å²) in [5.74, 6) is -1.06. The molecule has 3 aromatic rings. The van der Waals surface area contributed by atoms with Crippen molar-refractivity contribution in [1.82, 2.24) is 0 Å². The van der Waals surface area contributed by atoms with Crippen molar-refractivity contribution in [3.8, 4) is 11.5 Å². The lowest BCUT2D eigenvalue weighted by molar-refractivity contribution is -0.190. The molecule has 0 radical (unpaired) electrons. The van der Waals surface area contributed by atoms with E-state index in [1.807, 2.05) is 0 Å². The molecule has 8 heteroatoms. The number of hydrogen-bond acceptors (Lipinski definition) is 8. The Hall–Kier alpha value is -3.88. The Kier molecular flexibility index (Phi) is 5.75. The van der Waals surface area contributed by atoms with Gasteiger partial charge in [-0.1, -0.05) is 60.7 Å². The predicted molar refractivity (Wildman–Crippen MR) is 139 cm³/mol. The number of hydrogen-bond donors (Lipinski definition) is 2. The van der Waals surface area contributed by atoms with Crippen molar-refractivity contribution < 1.29 is 38.7 Å². The Morgan fingerprint density at radius 1 is 0.692 bits per heavy atom. The molecule has 1 aliphatic carbocycles. The summed E-state index contributed by atoms with van der Waals surface area (Å²) < 4.78 is 23.9. The third kappa shape index (κ3) is 3.07. The van der Waals surface area contributed by atoms with E-state index in [-0.39, 0.29) is 55.1 Å². The van der Waals surface area contributed by atoms with Crippen LogP contribution in [-0.4, -0.2) is 35.4 Å². The van der Waals surface area contributed by atoms with Crippen molar-refractivity contribution in [2.24, 2.45) is 0 Å². The molecule has 0 spiro atoms. The first-order valence-corrected chi connectivity index (χ1v) is 13.3. The van der Waals surface area contributed by atoms with Gasteiger partial charge in [0.25, 0.3) is 11.2 Å². The third-order valence-electron chi connectivity index (χ3n) is 8.21. The molecule has 3 aliphatic rings. The largest absolute Gasteiger partial charge is 0.467 e. The summed E-state index contributed by atoms with van der Waals surface area (Å²) in [6, 6.07) is 20.7. The van der Waals surface area contributed by atoms with E-state index in [1.165, 1.54) is 0 Å². The van der Waals surface area contributed by atoms with E-state index in [2.05, 4.69) is 0 Å². The molecule has 0 saturated heterocycles. The minimum absolute atomic E-state index is 0.0557. The molecule has 0 bridgehead atoms. The summed E-state index contributed by atoms with van der Waals surface area (Å²) in [4.78, 5) is 27.6. The van der Waals surface area contributed by atoms with Crippen LogP contribution in [0.3, 0.4) is 0 Å². The van der Waals surface area contributed by atoms with Gasteiger partial charge in [-0.25, -0.2) is 9.59 Å². The van der Waals surface area contributed by atoms with Gasteiger partial charge in [0.1, 0.15) is 22.7 Å². The Morgan fingerprint density at radius 2 is 1.08 bits per heavy atom. The molecule has 0 saturated carbocycles. The molecular formula is C31H30O8. The quantitative estimate of drug-likeness (QED) is 0.461. The molecule has 0 fully saturated rings. The zero-order chi connectivity index (χ0) is 27.5. The third-order valence-corrected chi connectivity index (χ3v) is 8.21. The fraction of sp³-hybridized carbons (Fsp3) is 0.355. The van der Waals surface area contributed by atoms with Gasteiger partial charge in [0, 0.05) is 22.3 Å². The van der Waals surface area contributed by atoms with Crippen LogP contribution in [-0.2, 0) is 41.5 Å². The van der Waals surface area contributed by atoms with Crippen molar-refractivity contribution in [1.29, 1.82) is 0 Å². The van der Waals surface area contributed by atoms with Crippen LogP contribution in [0.2, 0.25) is 0 Å². The first-order valence-electron chi connectivity index (χ1n) is 13.3. The van der Waals surface area contributed by atoms with E-state index in [1.54, 1.807) is 86.6 Å². The lowest BCUT2D eigenvalue weighted by Gasteiger charge is -2.39. The maximum absolute atomic E-state index is 13.8. The van der Waals surface area contributed by atoms with Crippen molar-refractivity contribution in [2.45, 2.75) is 55.5 Å². The van der Waals surface area contributed by atoms with E-state index >= 15 is 0 Å². The highest BCUT2D eigenvalue weighted by atomic mass is 16.6. The predicted octanol–water partition coefficient (Wildman–Crippen LogP) is 3.95. The molecule has 4 unspecified atom stereocenters. The molecular weight excluding hydrogens is 500 g/mol. The highest BCUT2D eigenvalue weighted by molar-refractivity contribution is 5.89. The number of carbonyl (C=O) groups excluding carboxylic acids is 2. The lowest BCUT2D eigenvalue weighted by atomic mass is 9.69. The Morgan fingerprint density at radius 3 is 1.44 bits per heavy atom. The number of benzene rings is 3. The van der Waals surface area contributed by atoms with Crippen molar-refractivity contribution >= 4 is 11.9 Å². The Bertz CT molecular complexity index is 1330. The van der Waals surface area contributed by atoms with E-state index in [0.29, 0.717) is 11.1 Å². The van der Waals surface area contributed by atoms with Crippen molar-refractivity contribution in [2.75, 3.05) is 13.2 Å². The highest BCUT2D eigenvalue weighted by Gasteiger charge is 2.74. The molecule has 39 heavy (non-hydrogen) atoms. The minimum Gasteiger partial charge on any atom is -0.467 e. The standard InChI is InChI=1S/C31H30O8/c1-3-36-26(32)30(20-12-7-5-8-13-20)28(34)18-11-19-29(35)25-23(17-16-22(38-30)24(25)28)39-31(29,27(33)37-4-2)21-14-9-6-10-15-21/h5-10,12-17,34-35H,3-4,11,18-19H2,1-2H3. The van der Waals surface area contributed by atoms with E-state index < -0.39 is 34.3 Å². The van der Waals surface area contributed by atoms with Crippen LogP contribution in [0.25, 0.3) is 0 Å². The minimum atomic E-state index is -1.94. The number of ether oxygens (including phenoxy) is 4. The van der Waals surface area contributed by atoms with Gasteiger partial charge in [-0.2, -0.15) is 0 Å². The second-order valence-electron chi connectivity index (χ2n) is 10.1. The normalized spacial score (nSPS) is 29.9. The van der Waals surface area contributed by atoms with Crippen molar-refractivity contribution in [3.05, 3.63) is 95.1 Å². The fourth-order valence-electron chi connectivity index (χ4n) is 6.67. The van der Waals surface area contributed by atoms with E-state index in [4.69, 9.17) is 18.9 Å². The summed E-state index contributed by atoms with van der Waals surface area (Å²) in [5.41, 5.74) is -6.46. The number of carbonyl (C=O) groups is 2. The van der Waals surface area contributed by atoms with E-state index in [0.717, 1.165) is 0 Å². The van der Waals surface area contributed by atoms with E-state index in [9.17, 15) is 19.8 Å². The van der Waals surface area contributed by atoms with Crippen LogP contribution in [0, 0.1) is 0 Å². The molecule has 2 N–H and O–H groups in total. The van der Waals surface area contributed by atoms with Gasteiger partial charge in [0.2, 0.25) is 0 Å². The highest BCUT2D eigenvalue weighted by Crippen LogP contribution is 2.67. The molecule has 2 heterocycles. The smallest absolute Gasteiger partial charge is 0.358 e. The van der Waals surface area contributed by atoms with Gasteiger partial charge < -0.3 is 29.2 Å². The van der Waals surface area contributed by atoms with Crippen LogP contribution < -0.4 is 9.47 Å². The number of aliphatic hydroxyl groups is 2. The Labute approximate surface area is 226 Å². The summed E-state index contributed by atoms with van der Waals surface area (Å²) in [6.45, 7) is 3.53. The molecule has 0 amide bonds. The van der Waals surface area contributed by atoms with Crippen LogP contribution in [0.5, 0.6) is 11.5 Å². The van der Waals surface area contributed by atoms with Crippen molar-refractivity contribution in [3.63, 3.8) is 0 Å². The molecule has 3 aromatic carbocycles. The number of esters is 2. The SMILES string of the molecule is CCOC(=O)C1(c2ccccc2)Oc2ccc3c4c2C1(O)CCCC4(O)C(C(=O)OCC)(c1ccccc1)O3. The van der Waals surface area contributed by atoms with Gasteiger partial charge in [0.15, 0.2) is 0 Å². The van der Waals surface area contributed by atoms with Gasteiger partial charge in [0.05, 0.1) is 13.2 Å². The van der Waals surface area contributed by atoms with Crippen LogP contribution in [0.4, 0.5) is 0 Å². The molecule has 0 aromatic heterocycles. The molecule has 202 valence electrons. The second kappa shape index (κ2) is 8.83. The van der Waals surface area contributed by atoms with Crippen LogP contribution in [0.15, 0.2) is 72.8 Å². The van der Waals surface area contributed by atoms with Gasteiger partial charge >= 0.3 is 11.9 Å². The summed E-state index contributed by atoms with van der Waals surface area (Å²) >= 11 is 0. The summed E-state index contributed by atoms with van der Waals surface area (Å²) in [5, 5.41) is 25.4. The zero-order valence-electron chi connectivity index (χ0n) is 21.8. The Balaban J connectivity index is 1.65. The molecule has 4 atom stereocenters. The first-order chi connectivity index (χ1) is 18.8. The summed E-state index contributed by atoms with van der Waals surface area (Å²) in [7, 11) is 0. The van der Waals surface area contributed by atoms with Crippen LogP contribution in [0.1, 0.15) is 55.4 Å². The van der Waals surface area contributed by atoms with Crippen LogP contribution >= 0.6 is 0 Å².